The summed E-state index contributed by atoms with van der Waals surface area (Å²) in [5.41, 5.74) is 7.82. The summed E-state index contributed by atoms with van der Waals surface area (Å²) in [7, 11) is -2.99. The van der Waals surface area contributed by atoms with Crippen LogP contribution >= 0.6 is 139 Å². The van der Waals surface area contributed by atoms with Crippen molar-refractivity contribution in [1.29, 1.82) is 0 Å². The summed E-state index contributed by atoms with van der Waals surface area (Å²) >= 11 is 38.5. The van der Waals surface area contributed by atoms with E-state index in [2.05, 4.69) is 146 Å². The van der Waals surface area contributed by atoms with Crippen LogP contribution in [0.15, 0.2) is 323 Å². The van der Waals surface area contributed by atoms with Gasteiger partial charge in [0, 0.05) is 78.3 Å². The molecule has 3 saturated heterocycles. The maximum atomic E-state index is 11.2. The lowest BCUT2D eigenvalue weighted by Gasteiger charge is -2.32. The normalized spacial score (nSPS) is 14.7. The average molecular weight is 2250 g/mol. The number of hydrogen-bond donors (Lipinski definition) is 3. The predicted octanol–water partition coefficient (Wildman–Crippen LogP) is 27.8. The minimum Gasteiger partial charge on any atom is -0.423 e. The van der Waals surface area contributed by atoms with E-state index in [-0.39, 0.29) is 50.1 Å². The Balaban J connectivity index is 0.000000168. The Bertz CT molecular complexity index is 6150. The van der Waals surface area contributed by atoms with Gasteiger partial charge in [0.05, 0.1) is 89.4 Å². The first-order valence-corrected chi connectivity index (χ1v) is 46.3. The van der Waals surface area contributed by atoms with Crippen LogP contribution in [-0.4, -0.2) is 96.6 Å². The summed E-state index contributed by atoms with van der Waals surface area (Å²) in [6, 6.07) is 94.1. The van der Waals surface area contributed by atoms with Crippen molar-refractivity contribution >= 4 is 223 Å². The quantitative estimate of drug-likeness (QED) is 0.0357. The second kappa shape index (κ2) is 47.3. The number of hydrogen-bond acceptors (Lipinski definition) is 16. The Morgan fingerprint density at radius 1 is 0.323 bits per heavy atom. The maximum absolute atomic E-state index is 11.2. The highest BCUT2D eigenvalue weighted by molar-refractivity contribution is 14.1. The lowest BCUT2D eigenvalue weighted by molar-refractivity contribution is -0.385. The molecule has 0 aliphatic carbocycles. The van der Waals surface area contributed by atoms with Crippen molar-refractivity contribution in [2.24, 2.45) is 0 Å². The first-order valence-electron chi connectivity index (χ1n) is 40.3. The van der Waals surface area contributed by atoms with Gasteiger partial charge in [0.2, 0.25) is 0 Å². The van der Waals surface area contributed by atoms with Gasteiger partial charge in [0.15, 0.2) is 0 Å². The number of rotatable bonds is 11. The van der Waals surface area contributed by atoms with Gasteiger partial charge in [-0.15, -0.1) is 0 Å². The van der Waals surface area contributed by atoms with Crippen molar-refractivity contribution in [2.75, 3.05) is 0 Å². The third-order valence-corrected chi connectivity index (χ3v) is 26.8. The van der Waals surface area contributed by atoms with E-state index in [1.165, 1.54) is 42.2 Å². The number of H-pyrrole nitrogens is 1. The van der Waals surface area contributed by atoms with Crippen LogP contribution in [0.2, 0.25) is 20.1 Å². The van der Waals surface area contributed by atoms with E-state index in [0.717, 1.165) is 63.4 Å². The second-order valence-electron chi connectivity index (χ2n) is 32.2. The Morgan fingerprint density at radius 3 is 1.09 bits per heavy atom. The molecule has 13 aromatic carbocycles. The fourth-order valence-corrected chi connectivity index (χ4v) is 15.8. The van der Waals surface area contributed by atoms with Crippen molar-refractivity contribution in [3.8, 4) is 44.5 Å². The van der Waals surface area contributed by atoms with Crippen LogP contribution in [0.5, 0.6) is 0 Å². The van der Waals surface area contributed by atoms with Crippen molar-refractivity contribution in [2.45, 2.75) is 117 Å². The van der Waals surface area contributed by atoms with Crippen LogP contribution in [-0.2, 0) is 27.9 Å². The highest BCUT2D eigenvalue weighted by atomic mass is 127. The number of nitro benzene ring substituents is 4. The molecule has 0 radical (unpaired) electrons. The summed E-state index contributed by atoms with van der Waals surface area (Å²) in [5, 5.41) is 65.6. The molecule has 0 spiro atoms. The average Bonchev–Trinajstić information content (AvgIpc) is 1.55. The van der Waals surface area contributed by atoms with Crippen LogP contribution in [0.4, 0.5) is 22.7 Å². The molecule has 34 heteroatoms. The summed E-state index contributed by atoms with van der Waals surface area (Å²) in [6.07, 6.45) is 0. The van der Waals surface area contributed by atoms with E-state index in [1.54, 1.807) is 127 Å². The molecule has 0 unspecified atom stereocenters. The molecular formula is C96H90B4Br3Cl4I2N5O16. The lowest BCUT2D eigenvalue weighted by atomic mass is 9.49. The molecular weight excluding hydrogens is 2160 g/mol. The van der Waals surface area contributed by atoms with Gasteiger partial charge in [-0.25, -0.2) is 0 Å². The van der Waals surface area contributed by atoms with Crippen LogP contribution in [0.3, 0.4) is 0 Å². The Labute approximate surface area is 829 Å². The highest BCUT2D eigenvalue weighted by Gasteiger charge is 2.64. The zero-order valence-corrected chi connectivity index (χ0v) is 84.7. The molecule has 3 aliphatic rings. The molecule has 670 valence electrons. The highest BCUT2D eigenvalue weighted by Crippen LogP contribution is 2.45. The third kappa shape index (κ3) is 28.4. The van der Waals surface area contributed by atoms with Gasteiger partial charge in [-0.2, -0.15) is 0 Å². The van der Waals surface area contributed by atoms with Gasteiger partial charge in [-0.05, 0) is 295 Å². The predicted molar refractivity (Wildman–Crippen MR) is 556 cm³/mol. The minimum absolute atomic E-state index is 0.0241. The van der Waals surface area contributed by atoms with Gasteiger partial charge in [0.25, 0.3) is 22.7 Å². The number of benzene rings is 13. The number of fused-ring (bicyclic) bond motifs is 3. The van der Waals surface area contributed by atoms with E-state index < -0.39 is 54.2 Å². The topological polar surface area (TPSA) is 284 Å². The molecule has 21 nitrogen and oxygen atoms in total. The fourth-order valence-electron chi connectivity index (χ4n) is 12.6. The van der Waals surface area contributed by atoms with E-state index in [0.29, 0.717) is 36.6 Å². The van der Waals surface area contributed by atoms with Gasteiger partial charge >= 0.3 is 28.3 Å². The number of nitrogens with one attached hydrogen (secondary N) is 1. The molecule has 0 bridgehead atoms. The summed E-state index contributed by atoms with van der Waals surface area (Å²) < 4.78 is 40.1. The van der Waals surface area contributed by atoms with Crippen molar-refractivity contribution in [1.82, 2.24) is 4.98 Å². The second-order valence-corrected chi connectivity index (χ2v) is 38.8. The zero-order chi connectivity index (χ0) is 95.2. The van der Waals surface area contributed by atoms with Crippen molar-refractivity contribution < 1.29 is 57.7 Å². The van der Waals surface area contributed by atoms with Crippen LogP contribution in [0.25, 0.3) is 66.3 Å². The molecule has 0 atom stereocenters. The number of nitrogens with zero attached hydrogens (tertiary/aromatic N) is 4. The Morgan fingerprint density at radius 2 is 0.685 bits per heavy atom. The van der Waals surface area contributed by atoms with Gasteiger partial charge in [-0.1, -0.05) is 241 Å². The largest absolute Gasteiger partial charge is 0.501 e. The van der Waals surface area contributed by atoms with E-state index >= 15 is 0 Å². The van der Waals surface area contributed by atoms with Crippen LogP contribution < -0.4 is 10.9 Å². The number of aromatic amines is 1. The Hall–Kier alpha value is -8.74. The molecule has 3 N–H and O–H groups in total. The minimum atomic E-state index is -1.34. The number of halogens is 9. The molecule has 14 aromatic rings. The number of para-hydroxylation sites is 5. The molecule has 0 saturated carbocycles. The SMILES string of the molecule is CC1(C)OB(B2OC(C)(C)C(C)(C)O2)OC1(C)C.CC1(C)OB(c2ccccc2[N+](=O)[O-])OC1(C)C.Clc1cc2[nH]c3ccccc3c2cc1-c1ccccc1.Clc1ccc(I)cc1Br.Ic1ccccc1.O=[N+]([O-])c1ccccc1-c1ccc(Cl)c(-c2ccccc2)c1.O=[N+]([O-])c1ccccc1-c1ccc(Cl)c(Br)c1.O=[N+]([O-])c1ccccc1Br.OB(O)c1ccccc1. The number of aromatic nitrogens is 1. The monoisotopic (exact) mass is 2240 g/mol. The summed E-state index contributed by atoms with van der Waals surface area (Å²) in [4.78, 5) is 45.1. The van der Waals surface area contributed by atoms with Crippen molar-refractivity contribution in [3.63, 3.8) is 0 Å². The molecule has 130 heavy (non-hydrogen) atoms. The smallest absolute Gasteiger partial charge is 0.423 e. The third-order valence-electron chi connectivity index (χ3n) is 21.6. The fraction of sp³-hybridized carbons (Fsp3) is 0.188. The standard InChI is InChI=1S/C18H12ClNO2.C18H12ClN.C12H24B2O4.C12H16BNO4.C12H7BrClNO2.C6H7BO2.C6H3BrClI.C6H4BrNO2.C6H5I/c19-17-11-10-14(12-16(17)13-6-2-1-3-7-13)15-8-4-5-9-18(15)20(21)22;19-16-11-18-15(13-8-4-5-9-17(13)20-18)10-14(16)12-6-2-1-3-7-12;1-9(2)10(3,4)16-13(15-9)14-17-11(5,6)12(7,8)18-14;1-11(2)12(3,4)18-13(17-11)9-7-5-6-8-10(9)14(15)16;13-10-7-8(5-6-11(10)14)9-3-1-2-4-12(9)15(16)17;8-7(9)6-4-2-1-3-5-6;7-5-3-4(9)1-2-6(5)8;7-5-3-1-2-4-6(5)8(9)10;7-6-4-2-1-3-5-6/h1-12H;1-11,20H;1-8H3;5-8H,1-4H3;1-7H;1-5,8-9H;1-3H;1-4H;1-5H. The van der Waals surface area contributed by atoms with Crippen LogP contribution in [0.1, 0.15) is 83.1 Å². The molecule has 3 fully saturated rings. The summed E-state index contributed by atoms with van der Waals surface area (Å²) in [5.74, 6) is 0. The van der Waals surface area contributed by atoms with Gasteiger partial charge in [-0.3, -0.25) is 40.5 Å². The van der Waals surface area contributed by atoms with E-state index in [4.69, 9.17) is 84.4 Å². The number of nitro groups is 4. The Kier molecular flexibility index (Phi) is 38.2. The molecule has 3 aliphatic heterocycles. The molecule has 4 heterocycles. The van der Waals surface area contributed by atoms with E-state index in [1.807, 2.05) is 192 Å². The maximum Gasteiger partial charge on any atom is 0.501 e. The summed E-state index contributed by atoms with van der Waals surface area (Å²) in [6.45, 7) is 23.9. The van der Waals surface area contributed by atoms with E-state index in [9.17, 15) is 40.5 Å². The zero-order valence-electron chi connectivity index (χ0n) is 72.6. The van der Waals surface area contributed by atoms with Crippen LogP contribution in [0, 0.1) is 47.6 Å². The first kappa shape index (κ1) is 105. The van der Waals surface area contributed by atoms with Gasteiger partial charge < -0.3 is 43.0 Å². The first-order chi connectivity index (χ1) is 61.3. The molecule has 1 aromatic heterocycles. The molecule has 17 rings (SSSR count). The van der Waals surface area contributed by atoms with Gasteiger partial charge in [0.1, 0.15) is 0 Å². The van der Waals surface area contributed by atoms with Crippen molar-refractivity contribution in [3.05, 3.63) is 390 Å². The molecule has 0 amide bonds. The lowest BCUT2D eigenvalue weighted by Crippen LogP contribution is -2.41.